The van der Waals surface area contributed by atoms with Crippen LogP contribution >= 0.6 is 0 Å². The minimum absolute atomic E-state index is 0.0424. The zero-order valence-electron chi connectivity index (χ0n) is 12.3. The Bertz CT molecular complexity index is 321. The van der Waals surface area contributed by atoms with Gasteiger partial charge in [0.05, 0.1) is 11.6 Å². The van der Waals surface area contributed by atoms with Gasteiger partial charge in [-0.25, -0.2) is 0 Å². The molecule has 1 amide bonds. The molecule has 0 bridgehead atoms. The van der Waals surface area contributed by atoms with Crippen molar-refractivity contribution in [1.29, 1.82) is 0 Å². The Kier molecular flexibility index (Phi) is 4.85. The molecule has 4 nitrogen and oxygen atoms in total. The lowest BCUT2D eigenvalue weighted by Gasteiger charge is -2.35. The second-order valence-corrected chi connectivity index (χ2v) is 6.43. The highest BCUT2D eigenvalue weighted by Crippen LogP contribution is 2.30. The topological polar surface area (TPSA) is 64.3 Å². The summed E-state index contributed by atoms with van der Waals surface area (Å²) >= 11 is 0. The Balaban J connectivity index is 1.83. The second kappa shape index (κ2) is 6.23. The standard InChI is InChI=1S/C15H28N2O2/c1-3-13-12(6-8-19-13)10-17-14(18)15(16)7-4-5-11(2)9-15/h11-13H,3-10,16H2,1-2H3,(H,17,18). The first-order valence-electron chi connectivity index (χ1n) is 7.74. The third-order valence-electron chi connectivity index (χ3n) is 4.76. The molecule has 2 rings (SSSR count). The summed E-state index contributed by atoms with van der Waals surface area (Å²) in [6.45, 7) is 5.86. The predicted molar refractivity (Wildman–Crippen MR) is 75.7 cm³/mol. The average Bonchev–Trinajstić information content (AvgIpc) is 2.83. The van der Waals surface area contributed by atoms with E-state index in [0.717, 1.165) is 38.7 Å². The van der Waals surface area contributed by atoms with E-state index in [1.165, 1.54) is 6.42 Å². The van der Waals surface area contributed by atoms with E-state index in [2.05, 4.69) is 19.2 Å². The van der Waals surface area contributed by atoms with E-state index in [0.29, 0.717) is 24.5 Å². The number of nitrogens with one attached hydrogen (secondary N) is 1. The number of nitrogens with two attached hydrogens (primary N) is 1. The van der Waals surface area contributed by atoms with E-state index < -0.39 is 5.54 Å². The number of carbonyl (C=O) groups is 1. The summed E-state index contributed by atoms with van der Waals surface area (Å²) in [5, 5.41) is 3.08. The van der Waals surface area contributed by atoms with Crippen molar-refractivity contribution in [3.8, 4) is 0 Å². The SMILES string of the molecule is CCC1OCCC1CNC(=O)C1(N)CCCC(C)C1. The third-order valence-corrected chi connectivity index (χ3v) is 4.76. The first kappa shape index (κ1) is 14.8. The zero-order chi connectivity index (χ0) is 13.9. The molecular weight excluding hydrogens is 240 g/mol. The summed E-state index contributed by atoms with van der Waals surface area (Å²) in [5.41, 5.74) is 5.66. The molecule has 1 aliphatic carbocycles. The highest BCUT2D eigenvalue weighted by molar-refractivity contribution is 5.86. The summed E-state index contributed by atoms with van der Waals surface area (Å²) in [7, 11) is 0. The van der Waals surface area contributed by atoms with Gasteiger partial charge in [-0.05, 0) is 31.6 Å². The molecule has 110 valence electrons. The second-order valence-electron chi connectivity index (χ2n) is 6.43. The van der Waals surface area contributed by atoms with Gasteiger partial charge in [0, 0.05) is 19.1 Å². The first-order chi connectivity index (χ1) is 9.05. The maximum absolute atomic E-state index is 12.3. The van der Waals surface area contributed by atoms with Gasteiger partial charge in [0.2, 0.25) is 5.91 Å². The molecule has 3 N–H and O–H groups in total. The van der Waals surface area contributed by atoms with Crippen LogP contribution in [0.1, 0.15) is 52.4 Å². The number of ether oxygens (including phenoxy) is 1. The van der Waals surface area contributed by atoms with Gasteiger partial charge in [-0.15, -0.1) is 0 Å². The van der Waals surface area contributed by atoms with Crippen LogP contribution in [0, 0.1) is 11.8 Å². The van der Waals surface area contributed by atoms with Gasteiger partial charge in [0.25, 0.3) is 0 Å². The molecule has 4 atom stereocenters. The summed E-state index contributed by atoms with van der Waals surface area (Å²) < 4.78 is 5.65. The number of hydrogen-bond donors (Lipinski definition) is 2. The molecule has 1 aliphatic heterocycles. The zero-order valence-corrected chi connectivity index (χ0v) is 12.3. The monoisotopic (exact) mass is 268 g/mol. The van der Waals surface area contributed by atoms with Crippen LogP contribution in [-0.4, -0.2) is 30.7 Å². The van der Waals surface area contributed by atoms with Gasteiger partial charge in [-0.2, -0.15) is 0 Å². The highest BCUT2D eigenvalue weighted by Gasteiger charge is 2.38. The van der Waals surface area contributed by atoms with Crippen LogP contribution in [0.25, 0.3) is 0 Å². The van der Waals surface area contributed by atoms with Gasteiger partial charge in [0.15, 0.2) is 0 Å². The van der Waals surface area contributed by atoms with Gasteiger partial charge in [0.1, 0.15) is 0 Å². The number of carbonyl (C=O) groups excluding carboxylic acids is 1. The molecule has 1 saturated heterocycles. The maximum Gasteiger partial charge on any atom is 0.240 e. The van der Waals surface area contributed by atoms with Gasteiger partial charge >= 0.3 is 0 Å². The first-order valence-corrected chi connectivity index (χ1v) is 7.74. The van der Waals surface area contributed by atoms with Gasteiger partial charge in [-0.1, -0.05) is 26.7 Å². The molecule has 0 radical (unpaired) electrons. The van der Waals surface area contributed by atoms with E-state index in [1.807, 2.05) is 0 Å². The fraction of sp³-hybridized carbons (Fsp3) is 0.933. The molecule has 4 unspecified atom stereocenters. The smallest absolute Gasteiger partial charge is 0.240 e. The average molecular weight is 268 g/mol. The summed E-state index contributed by atoms with van der Waals surface area (Å²) in [5.74, 6) is 1.06. The summed E-state index contributed by atoms with van der Waals surface area (Å²) in [6.07, 6.45) is 6.27. The molecule has 1 heterocycles. The van der Waals surface area contributed by atoms with Gasteiger partial charge < -0.3 is 15.8 Å². The summed E-state index contributed by atoms with van der Waals surface area (Å²) in [4.78, 5) is 12.3. The molecule has 19 heavy (non-hydrogen) atoms. The highest BCUT2D eigenvalue weighted by atomic mass is 16.5. The quantitative estimate of drug-likeness (QED) is 0.817. The Morgan fingerprint density at radius 2 is 2.26 bits per heavy atom. The van der Waals surface area contributed by atoms with Crippen LogP contribution in [0.3, 0.4) is 0 Å². The lowest BCUT2D eigenvalue weighted by molar-refractivity contribution is -0.128. The van der Waals surface area contributed by atoms with Gasteiger partial charge in [-0.3, -0.25) is 4.79 Å². The van der Waals surface area contributed by atoms with Crippen molar-refractivity contribution in [3.63, 3.8) is 0 Å². The van der Waals surface area contributed by atoms with E-state index in [1.54, 1.807) is 0 Å². The van der Waals surface area contributed by atoms with Crippen molar-refractivity contribution in [3.05, 3.63) is 0 Å². The Hall–Kier alpha value is -0.610. The van der Waals surface area contributed by atoms with Crippen LogP contribution in [0.2, 0.25) is 0 Å². The number of amides is 1. The minimum Gasteiger partial charge on any atom is -0.378 e. The minimum atomic E-state index is -0.640. The third kappa shape index (κ3) is 3.48. The van der Waals surface area contributed by atoms with Crippen LogP contribution in [0.15, 0.2) is 0 Å². The largest absolute Gasteiger partial charge is 0.378 e. The predicted octanol–water partition coefficient (Wildman–Crippen LogP) is 1.83. The maximum atomic E-state index is 12.3. The molecule has 0 aromatic heterocycles. The van der Waals surface area contributed by atoms with Crippen LogP contribution in [0.4, 0.5) is 0 Å². The van der Waals surface area contributed by atoms with Crippen molar-refractivity contribution in [2.75, 3.05) is 13.2 Å². The Morgan fingerprint density at radius 1 is 1.47 bits per heavy atom. The molecule has 4 heteroatoms. The molecular formula is C15H28N2O2. The van der Waals surface area contributed by atoms with E-state index in [4.69, 9.17) is 10.5 Å². The van der Waals surface area contributed by atoms with E-state index in [-0.39, 0.29) is 5.91 Å². The molecule has 2 aliphatic rings. The number of hydrogen-bond acceptors (Lipinski definition) is 3. The number of rotatable bonds is 4. The fourth-order valence-electron chi connectivity index (χ4n) is 3.58. The Labute approximate surface area is 116 Å². The van der Waals surface area contributed by atoms with Crippen LogP contribution in [0.5, 0.6) is 0 Å². The van der Waals surface area contributed by atoms with Crippen molar-refractivity contribution in [2.24, 2.45) is 17.6 Å². The fourth-order valence-corrected chi connectivity index (χ4v) is 3.58. The lowest BCUT2D eigenvalue weighted by atomic mass is 9.76. The van der Waals surface area contributed by atoms with Crippen LogP contribution in [-0.2, 0) is 9.53 Å². The van der Waals surface area contributed by atoms with Crippen molar-refractivity contribution in [1.82, 2.24) is 5.32 Å². The van der Waals surface area contributed by atoms with Crippen molar-refractivity contribution < 1.29 is 9.53 Å². The molecule has 1 saturated carbocycles. The molecule has 2 fully saturated rings. The molecule has 0 aromatic rings. The lowest BCUT2D eigenvalue weighted by Crippen LogP contribution is -2.57. The van der Waals surface area contributed by atoms with Crippen LogP contribution < -0.4 is 11.1 Å². The normalized spacial score (nSPS) is 39.2. The molecule has 0 aromatic carbocycles. The summed E-state index contributed by atoms with van der Waals surface area (Å²) in [6, 6.07) is 0. The van der Waals surface area contributed by atoms with Crippen molar-refractivity contribution >= 4 is 5.91 Å². The van der Waals surface area contributed by atoms with E-state index in [9.17, 15) is 4.79 Å². The molecule has 0 spiro atoms. The Morgan fingerprint density at radius 3 is 2.95 bits per heavy atom. The van der Waals surface area contributed by atoms with E-state index >= 15 is 0 Å². The van der Waals surface area contributed by atoms with Crippen molar-refractivity contribution in [2.45, 2.75) is 64.0 Å².